The Kier molecular flexibility index (Phi) is 6.57. The number of anilines is 1. The van der Waals surface area contributed by atoms with E-state index in [9.17, 15) is 13.6 Å². The molecule has 0 spiro atoms. The first kappa shape index (κ1) is 22.0. The van der Waals surface area contributed by atoms with Crippen LogP contribution in [0.3, 0.4) is 0 Å². The molecule has 4 aromatic rings. The van der Waals surface area contributed by atoms with Crippen LogP contribution in [0.2, 0.25) is 5.02 Å². The molecule has 4 rings (SSSR count). The molecule has 164 valence electrons. The van der Waals surface area contributed by atoms with E-state index in [1.807, 2.05) is 18.2 Å². The number of hydrogen-bond acceptors (Lipinski definition) is 4. The molecule has 2 heterocycles. The van der Waals surface area contributed by atoms with Crippen LogP contribution in [0.5, 0.6) is 5.75 Å². The zero-order valence-electron chi connectivity index (χ0n) is 16.3. The molecule has 2 aromatic carbocycles. The van der Waals surface area contributed by atoms with Gasteiger partial charge in [0.05, 0.1) is 11.0 Å². The topological polar surface area (TPSA) is 69.3 Å². The average molecular weight is 523 g/mol. The predicted molar refractivity (Wildman–Crippen MR) is 118 cm³/mol. The van der Waals surface area contributed by atoms with Crippen LogP contribution in [0.1, 0.15) is 21.9 Å². The van der Waals surface area contributed by atoms with Crippen molar-refractivity contribution >= 4 is 39.3 Å². The van der Waals surface area contributed by atoms with Crippen molar-refractivity contribution in [3.8, 4) is 5.75 Å². The SMILES string of the molecule is O=C(Nc1nn(Cc2ccccc2Cl)cc1Br)c1ccc(COc2ccc(F)cc2F)o1. The van der Waals surface area contributed by atoms with Crippen molar-refractivity contribution in [1.29, 1.82) is 0 Å². The first-order chi connectivity index (χ1) is 15.4. The number of nitrogens with one attached hydrogen (secondary N) is 1. The maximum absolute atomic E-state index is 13.6. The fourth-order valence-electron chi connectivity index (χ4n) is 2.85. The van der Waals surface area contributed by atoms with Crippen molar-refractivity contribution in [2.75, 3.05) is 5.32 Å². The van der Waals surface area contributed by atoms with Crippen molar-refractivity contribution in [3.63, 3.8) is 0 Å². The lowest BCUT2D eigenvalue weighted by molar-refractivity contribution is 0.0992. The Balaban J connectivity index is 1.39. The summed E-state index contributed by atoms with van der Waals surface area (Å²) < 4.78 is 39.6. The molecule has 0 atom stereocenters. The molecule has 0 aliphatic heterocycles. The minimum Gasteiger partial charge on any atom is -0.483 e. The average Bonchev–Trinajstić information content (AvgIpc) is 3.36. The highest BCUT2D eigenvalue weighted by Crippen LogP contribution is 2.24. The van der Waals surface area contributed by atoms with Crippen molar-refractivity contribution in [1.82, 2.24) is 9.78 Å². The molecule has 0 aliphatic carbocycles. The zero-order valence-corrected chi connectivity index (χ0v) is 18.7. The molecule has 32 heavy (non-hydrogen) atoms. The van der Waals surface area contributed by atoms with Crippen LogP contribution in [0.4, 0.5) is 14.6 Å². The second kappa shape index (κ2) is 9.54. The number of ether oxygens (including phenoxy) is 1. The quantitative estimate of drug-likeness (QED) is 0.321. The van der Waals surface area contributed by atoms with Crippen LogP contribution in [-0.4, -0.2) is 15.7 Å². The normalized spacial score (nSPS) is 10.9. The van der Waals surface area contributed by atoms with Gasteiger partial charge in [-0.15, -0.1) is 0 Å². The smallest absolute Gasteiger partial charge is 0.292 e. The van der Waals surface area contributed by atoms with Gasteiger partial charge in [-0.1, -0.05) is 29.8 Å². The molecule has 6 nitrogen and oxygen atoms in total. The Morgan fingerprint density at radius 2 is 2.00 bits per heavy atom. The molecule has 0 saturated carbocycles. The van der Waals surface area contributed by atoms with Crippen LogP contribution >= 0.6 is 27.5 Å². The van der Waals surface area contributed by atoms with E-state index in [4.69, 9.17) is 20.8 Å². The van der Waals surface area contributed by atoms with Crippen molar-refractivity contribution in [3.05, 3.63) is 99.0 Å². The third-order valence-electron chi connectivity index (χ3n) is 4.39. The van der Waals surface area contributed by atoms with Crippen LogP contribution in [0.15, 0.2) is 69.7 Å². The number of amides is 1. The lowest BCUT2D eigenvalue weighted by Crippen LogP contribution is -2.12. The number of hydrogen-bond donors (Lipinski definition) is 1. The van der Waals surface area contributed by atoms with E-state index >= 15 is 0 Å². The lowest BCUT2D eigenvalue weighted by atomic mass is 10.2. The van der Waals surface area contributed by atoms with Gasteiger partial charge < -0.3 is 14.5 Å². The minimum atomic E-state index is -0.827. The minimum absolute atomic E-state index is 0.0238. The fourth-order valence-corrected chi connectivity index (χ4v) is 3.46. The first-order valence-corrected chi connectivity index (χ1v) is 10.5. The molecule has 0 radical (unpaired) electrons. The fraction of sp³-hybridized carbons (Fsp3) is 0.0909. The van der Waals surface area contributed by atoms with Gasteiger partial charge in [0.1, 0.15) is 18.2 Å². The van der Waals surface area contributed by atoms with Gasteiger partial charge in [0.25, 0.3) is 5.91 Å². The highest BCUT2D eigenvalue weighted by atomic mass is 79.9. The van der Waals surface area contributed by atoms with E-state index in [0.717, 1.165) is 17.7 Å². The second-order valence-corrected chi connectivity index (χ2v) is 7.96. The number of carbonyl (C=O) groups excluding carboxylic acids is 1. The van der Waals surface area contributed by atoms with E-state index < -0.39 is 17.5 Å². The van der Waals surface area contributed by atoms with Crippen molar-refractivity contribution in [2.24, 2.45) is 0 Å². The Hall–Kier alpha value is -3.17. The maximum atomic E-state index is 13.6. The summed E-state index contributed by atoms with van der Waals surface area (Å²) in [7, 11) is 0. The third-order valence-corrected chi connectivity index (χ3v) is 5.34. The van der Waals surface area contributed by atoms with Gasteiger partial charge in [-0.3, -0.25) is 9.48 Å². The monoisotopic (exact) mass is 521 g/mol. The molecule has 0 saturated heterocycles. The van der Waals surface area contributed by atoms with Gasteiger partial charge in [-0.2, -0.15) is 5.10 Å². The summed E-state index contributed by atoms with van der Waals surface area (Å²) in [5.74, 6) is -1.55. The molecular weight excluding hydrogens is 508 g/mol. The Morgan fingerprint density at radius 3 is 2.78 bits per heavy atom. The van der Waals surface area contributed by atoms with E-state index in [1.54, 1.807) is 16.9 Å². The van der Waals surface area contributed by atoms with Crippen LogP contribution in [0, 0.1) is 11.6 Å². The number of rotatable bonds is 7. The Bertz CT molecular complexity index is 1280. The number of benzene rings is 2. The van der Waals surface area contributed by atoms with Gasteiger partial charge in [0.15, 0.2) is 23.1 Å². The summed E-state index contributed by atoms with van der Waals surface area (Å²) in [6.07, 6.45) is 1.72. The second-order valence-electron chi connectivity index (χ2n) is 6.70. The highest BCUT2D eigenvalue weighted by Gasteiger charge is 2.16. The molecule has 0 unspecified atom stereocenters. The molecule has 0 fully saturated rings. The van der Waals surface area contributed by atoms with Crippen LogP contribution in [-0.2, 0) is 13.2 Å². The van der Waals surface area contributed by atoms with Crippen LogP contribution in [0.25, 0.3) is 0 Å². The summed E-state index contributed by atoms with van der Waals surface area (Å²) in [5, 5.41) is 7.64. The van der Waals surface area contributed by atoms with Gasteiger partial charge in [-0.05, 0) is 51.8 Å². The van der Waals surface area contributed by atoms with E-state index in [2.05, 4.69) is 26.3 Å². The number of halogens is 4. The highest BCUT2D eigenvalue weighted by molar-refractivity contribution is 9.10. The van der Waals surface area contributed by atoms with Crippen molar-refractivity contribution in [2.45, 2.75) is 13.2 Å². The lowest BCUT2D eigenvalue weighted by Gasteiger charge is -2.05. The third kappa shape index (κ3) is 5.17. The van der Waals surface area contributed by atoms with E-state index in [0.29, 0.717) is 27.6 Å². The molecular formula is C22H15BrClF2N3O3. The first-order valence-electron chi connectivity index (χ1n) is 9.33. The molecule has 1 N–H and O–H groups in total. The number of aromatic nitrogens is 2. The molecule has 0 bridgehead atoms. The molecule has 10 heteroatoms. The van der Waals surface area contributed by atoms with Gasteiger partial charge >= 0.3 is 0 Å². The summed E-state index contributed by atoms with van der Waals surface area (Å²) in [6.45, 7) is 0.294. The summed E-state index contributed by atoms with van der Waals surface area (Å²) in [6, 6.07) is 13.4. The summed E-state index contributed by atoms with van der Waals surface area (Å²) in [4.78, 5) is 12.5. The van der Waals surface area contributed by atoms with Gasteiger partial charge in [0.2, 0.25) is 0 Å². The van der Waals surface area contributed by atoms with Crippen molar-refractivity contribution < 1.29 is 22.7 Å². The predicted octanol–water partition coefficient (Wildman–Crippen LogP) is 6.05. The molecule has 1 amide bonds. The van der Waals surface area contributed by atoms with E-state index in [1.165, 1.54) is 18.2 Å². The van der Waals surface area contributed by atoms with Gasteiger partial charge in [-0.25, -0.2) is 8.78 Å². The number of nitrogens with zero attached hydrogens (tertiary/aromatic N) is 2. The molecule has 2 aromatic heterocycles. The van der Waals surface area contributed by atoms with Gasteiger partial charge in [0, 0.05) is 17.3 Å². The molecule has 0 aliphatic rings. The Morgan fingerprint density at radius 1 is 1.19 bits per heavy atom. The van der Waals surface area contributed by atoms with Crippen LogP contribution < -0.4 is 10.1 Å². The maximum Gasteiger partial charge on any atom is 0.292 e. The van der Waals surface area contributed by atoms with E-state index in [-0.39, 0.29) is 18.1 Å². The zero-order chi connectivity index (χ0) is 22.7. The Labute approximate surface area is 194 Å². The largest absolute Gasteiger partial charge is 0.483 e. The standard InChI is InChI=1S/C22H15BrClF2N3O3/c23-16-11-29(10-13-3-1-2-4-17(13)24)28-21(16)27-22(30)20-8-6-15(32-20)12-31-19-7-5-14(25)9-18(19)26/h1-9,11H,10,12H2,(H,27,28,30). The summed E-state index contributed by atoms with van der Waals surface area (Å²) >= 11 is 9.56. The number of carbonyl (C=O) groups is 1. The number of furan rings is 1. The summed E-state index contributed by atoms with van der Waals surface area (Å²) in [5.41, 5.74) is 0.885.